The molecule has 0 aromatic heterocycles. The molecule has 1 atom stereocenters. The normalized spacial score (nSPS) is 20.7. The summed E-state index contributed by atoms with van der Waals surface area (Å²) in [6, 6.07) is 4.26. The molecular weight excluding hydrogens is 413 g/mol. The van der Waals surface area contributed by atoms with E-state index >= 15 is 0 Å². The zero-order valence-corrected chi connectivity index (χ0v) is 17.2. The largest absolute Gasteiger partial charge is 0.417 e. The predicted molar refractivity (Wildman–Crippen MR) is 106 cm³/mol. The van der Waals surface area contributed by atoms with Crippen LogP contribution in [-0.4, -0.2) is 55.6 Å². The number of likely N-dealkylation sites (tertiary alicyclic amines) is 1. The van der Waals surface area contributed by atoms with Gasteiger partial charge in [0.1, 0.15) is 12.6 Å². The first-order chi connectivity index (χ1) is 14.6. The van der Waals surface area contributed by atoms with E-state index in [9.17, 15) is 22.8 Å². The van der Waals surface area contributed by atoms with Crippen molar-refractivity contribution in [2.24, 2.45) is 11.1 Å². The van der Waals surface area contributed by atoms with Crippen LogP contribution in [0.1, 0.15) is 37.3 Å². The first-order valence-corrected chi connectivity index (χ1v) is 10.1. The number of hydrogen-bond donors (Lipinski definition) is 1. The monoisotopic (exact) mass is 438 g/mol. The van der Waals surface area contributed by atoms with Gasteiger partial charge in [-0.25, -0.2) is 0 Å². The maximum atomic E-state index is 13.4. The summed E-state index contributed by atoms with van der Waals surface area (Å²) in [7, 11) is 0. The van der Waals surface area contributed by atoms with Gasteiger partial charge in [0, 0.05) is 31.9 Å². The van der Waals surface area contributed by atoms with Gasteiger partial charge < -0.3 is 20.3 Å². The number of alkyl halides is 3. The number of halogens is 3. The lowest BCUT2D eigenvalue weighted by Crippen LogP contribution is -2.45. The number of carbonyl (C=O) groups is 2. The summed E-state index contributed by atoms with van der Waals surface area (Å²) in [5.41, 5.74) is 3.97. The van der Waals surface area contributed by atoms with Crippen molar-refractivity contribution < 1.29 is 27.5 Å². The maximum Gasteiger partial charge on any atom is 0.417 e. The second-order valence-electron chi connectivity index (χ2n) is 8.11. The molecule has 2 aliphatic heterocycles. The standard InChI is InChI=1S/C21H25F3N4O3/c1-2-31-12-18(29)27-7-5-20(6-8-27)10-17(19(26)30)28(13-20)15-4-3-14(11-25)16(9-15)21(22,23)24/h3-4,9,17H,2,5-8,10,12-13H2,1H3,(H2,26,30). The molecule has 2 aliphatic rings. The van der Waals surface area contributed by atoms with Crippen molar-refractivity contribution in [2.45, 2.75) is 38.4 Å². The highest BCUT2D eigenvalue weighted by Crippen LogP contribution is 2.46. The fourth-order valence-electron chi connectivity index (χ4n) is 4.50. The molecule has 0 radical (unpaired) electrons. The van der Waals surface area contributed by atoms with Crippen molar-refractivity contribution >= 4 is 17.5 Å². The minimum Gasteiger partial charge on any atom is -0.372 e. The van der Waals surface area contributed by atoms with E-state index in [0.29, 0.717) is 45.5 Å². The van der Waals surface area contributed by atoms with Gasteiger partial charge >= 0.3 is 6.18 Å². The molecule has 168 valence electrons. The second-order valence-corrected chi connectivity index (χ2v) is 8.11. The maximum absolute atomic E-state index is 13.4. The van der Waals surface area contributed by atoms with Crippen LogP contribution in [0.15, 0.2) is 18.2 Å². The minimum atomic E-state index is -4.69. The highest BCUT2D eigenvalue weighted by atomic mass is 19.4. The van der Waals surface area contributed by atoms with Crippen molar-refractivity contribution in [3.8, 4) is 6.07 Å². The van der Waals surface area contributed by atoms with Crippen LogP contribution < -0.4 is 10.6 Å². The second kappa shape index (κ2) is 8.75. The van der Waals surface area contributed by atoms with Gasteiger partial charge in [-0.2, -0.15) is 18.4 Å². The van der Waals surface area contributed by atoms with Gasteiger partial charge in [-0.05, 0) is 49.8 Å². The number of piperidine rings is 1. The highest BCUT2D eigenvalue weighted by molar-refractivity contribution is 5.85. The van der Waals surface area contributed by atoms with Gasteiger partial charge in [-0.15, -0.1) is 0 Å². The molecule has 2 fully saturated rings. The molecule has 1 unspecified atom stereocenters. The molecule has 1 aromatic carbocycles. The smallest absolute Gasteiger partial charge is 0.372 e. The summed E-state index contributed by atoms with van der Waals surface area (Å²) in [5, 5.41) is 9.02. The highest BCUT2D eigenvalue weighted by Gasteiger charge is 2.48. The first-order valence-electron chi connectivity index (χ1n) is 10.1. The Labute approximate surface area is 178 Å². The Morgan fingerprint density at radius 3 is 2.55 bits per heavy atom. The molecule has 2 saturated heterocycles. The Hall–Kier alpha value is -2.80. The van der Waals surface area contributed by atoms with E-state index in [0.717, 1.165) is 12.1 Å². The summed E-state index contributed by atoms with van der Waals surface area (Å²) >= 11 is 0. The number of hydrogen-bond acceptors (Lipinski definition) is 5. The Kier molecular flexibility index (Phi) is 6.46. The van der Waals surface area contributed by atoms with Gasteiger partial charge in [0.2, 0.25) is 11.8 Å². The van der Waals surface area contributed by atoms with Crippen molar-refractivity contribution in [1.82, 2.24) is 4.90 Å². The Morgan fingerprint density at radius 2 is 2.00 bits per heavy atom. The van der Waals surface area contributed by atoms with Gasteiger partial charge in [0.15, 0.2) is 0 Å². The van der Waals surface area contributed by atoms with Crippen LogP contribution in [0.4, 0.5) is 18.9 Å². The SMILES string of the molecule is CCOCC(=O)N1CCC2(CC1)CC(C(N)=O)N(c1ccc(C#N)c(C(F)(F)F)c1)C2. The summed E-state index contributed by atoms with van der Waals surface area (Å²) in [5.74, 6) is -0.704. The average Bonchev–Trinajstić information content (AvgIpc) is 3.11. The third-order valence-corrected chi connectivity index (χ3v) is 6.20. The lowest BCUT2D eigenvalue weighted by molar-refractivity contribution is -0.138. The van der Waals surface area contributed by atoms with E-state index in [1.165, 1.54) is 6.07 Å². The molecular formula is C21H25F3N4O3. The van der Waals surface area contributed by atoms with Crippen molar-refractivity contribution in [3.05, 3.63) is 29.3 Å². The molecule has 10 heteroatoms. The molecule has 3 rings (SSSR count). The average molecular weight is 438 g/mol. The van der Waals surface area contributed by atoms with Crippen LogP contribution in [0.25, 0.3) is 0 Å². The number of rotatable bonds is 5. The van der Waals surface area contributed by atoms with E-state index in [1.807, 2.05) is 6.92 Å². The van der Waals surface area contributed by atoms with Crippen LogP contribution in [0.3, 0.4) is 0 Å². The molecule has 1 spiro atoms. The minimum absolute atomic E-state index is 0.0188. The first kappa shape index (κ1) is 22.9. The van der Waals surface area contributed by atoms with Crippen LogP contribution in [0, 0.1) is 16.7 Å². The zero-order valence-electron chi connectivity index (χ0n) is 17.2. The summed E-state index contributed by atoms with van der Waals surface area (Å²) in [4.78, 5) is 27.6. The molecule has 7 nitrogen and oxygen atoms in total. The summed E-state index contributed by atoms with van der Waals surface area (Å²) < 4.78 is 45.4. The number of anilines is 1. The molecule has 0 saturated carbocycles. The quantitative estimate of drug-likeness (QED) is 0.761. The number of primary amides is 1. The van der Waals surface area contributed by atoms with Crippen LogP contribution in [0.2, 0.25) is 0 Å². The summed E-state index contributed by atoms with van der Waals surface area (Å²) in [6.07, 6.45) is -3.04. The van der Waals surface area contributed by atoms with E-state index in [4.69, 9.17) is 15.7 Å². The number of benzene rings is 1. The van der Waals surface area contributed by atoms with Crippen molar-refractivity contribution in [1.29, 1.82) is 5.26 Å². The van der Waals surface area contributed by atoms with Crippen LogP contribution in [-0.2, 0) is 20.5 Å². The lowest BCUT2D eigenvalue weighted by atomic mass is 9.76. The molecule has 2 N–H and O–H groups in total. The fraction of sp³-hybridized carbons (Fsp3) is 0.571. The van der Waals surface area contributed by atoms with Crippen LogP contribution in [0.5, 0.6) is 0 Å². The number of nitriles is 1. The lowest BCUT2D eigenvalue weighted by Gasteiger charge is -2.39. The van der Waals surface area contributed by atoms with Crippen molar-refractivity contribution in [3.63, 3.8) is 0 Å². The Bertz CT molecular complexity index is 889. The third-order valence-electron chi connectivity index (χ3n) is 6.20. The van der Waals surface area contributed by atoms with Crippen LogP contribution >= 0.6 is 0 Å². The van der Waals surface area contributed by atoms with Gasteiger partial charge in [0.25, 0.3) is 0 Å². The molecule has 1 aromatic rings. The molecule has 31 heavy (non-hydrogen) atoms. The topological polar surface area (TPSA) is 99.7 Å². The fourth-order valence-corrected chi connectivity index (χ4v) is 4.50. The van der Waals surface area contributed by atoms with Gasteiger partial charge in [-0.3, -0.25) is 9.59 Å². The number of nitrogens with zero attached hydrogens (tertiary/aromatic N) is 3. The predicted octanol–water partition coefficient (Wildman–Crippen LogP) is 2.29. The Balaban J connectivity index is 1.82. The number of nitrogens with two attached hydrogens (primary N) is 1. The van der Waals surface area contributed by atoms with E-state index < -0.39 is 29.3 Å². The molecule has 2 amide bonds. The zero-order chi connectivity index (χ0) is 22.8. The van der Waals surface area contributed by atoms with E-state index in [1.54, 1.807) is 15.9 Å². The molecule has 0 bridgehead atoms. The van der Waals surface area contributed by atoms with E-state index in [-0.39, 0.29) is 23.6 Å². The molecule has 2 heterocycles. The van der Waals surface area contributed by atoms with Gasteiger partial charge in [0.05, 0.1) is 17.2 Å². The van der Waals surface area contributed by atoms with Gasteiger partial charge in [-0.1, -0.05) is 0 Å². The number of amides is 2. The Morgan fingerprint density at radius 1 is 1.32 bits per heavy atom. The third kappa shape index (κ3) is 4.77. The van der Waals surface area contributed by atoms with Crippen molar-refractivity contribution in [2.75, 3.05) is 37.7 Å². The molecule has 0 aliphatic carbocycles. The number of carbonyl (C=O) groups excluding carboxylic acids is 2. The van der Waals surface area contributed by atoms with E-state index in [2.05, 4.69) is 0 Å². The number of ether oxygens (including phenoxy) is 1. The summed E-state index contributed by atoms with van der Waals surface area (Å²) in [6.45, 7) is 3.62.